The van der Waals surface area contributed by atoms with Crippen molar-refractivity contribution in [3.63, 3.8) is 0 Å². The second-order valence-electron chi connectivity index (χ2n) is 4.23. The van der Waals surface area contributed by atoms with E-state index in [2.05, 4.69) is 10.2 Å². The van der Waals surface area contributed by atoms with E-state index in [4.69, 9.17) is 4.74 Å². The largest absolute Gasteiger partial charge is 0.507 e. The SMILES string of the molecule is O=C(NCCN1CCOCC1)c1ccccc1O. The normalized spacial score (nSPS) is 16.4. The number of morpholine rings is 1. The van der Waals surface area contributed by atoms with E-state index in [-0.39, 0.29) is 11.7 Å². The van der Waals surface area contributed by atoms with Gasteiger partial charge in [-0.05, 0) is 12.1 Å². The van der Waals surface area contributed by atoms with Crippen molar-refractivity contribution in [2.45, 2.75) is 0 Å². The van der Waals surface area contributed by atoms with Crippen LogP contribution < -0.4 is 5.32 Å². The maximum atomic E-state index is 11.8. The van der Waals surface area contributed by atoms with Crippen LogP contribution in [0.2, 0.25) is 0 Å². The first kappa shape index (κ1) is 12.9. The Morgan fingerprint density at radius 3 is 2.78 bits per heavy atom. The highest BCUT2D eigenvalue weighted by Gasteiger charge is 2.12. The van der Waals surface area contributed by atoms with Crippen molar-refractivity contribution >= 4 is 5.91 Å². The third-order valence-corrected chi connectivity index (χ3v) is 2.97. The number of phenolic OH excluding ortho intramolecular Hbond substituents is 1. The number of benzene rings is 1. The van der Waals surface area contributed by atoms with E-state index >= 15 is 0 Å². The number of phenols is 1. The lowest BCUT2D eigenvalue weighted by atomic mass is 10.2. The van der Waals surface area contributed by atoms with Gasteiger partial charge in [0.05, 0.1) is 18.8 Å². The maximum Gasteiger partial charge on any atom is 0.255 e. The van der Waals surface area contributed by atoms with Gasteiger partial charge in [0.15, 0.2) is 0 Å². The van der Waals surface area contributed by atoms with Gasteiger partial charge < -0.3 is 15.2 Å². The standard InChI is InChI=1S/C13H18N2O3/c16-12-4-2-1-3-11(12)13(17)14-5-6-15-7-9-18-10-8-15/h1-4,16H,5-10H2,(H,14,17). The number of carbonyl (C=O) groups is 1. The average Bonchev–Trinajstić information content (AvgIpc) is 2.40. The molecule has 18 heavy (non-hydrogen) atoms. The second-order valence-corrected chi connectivity index (χ2v) is 4.23. The molecule has 5 nitrogen and oxygen atoms in total. The summed E-state index contributed by atoms with van der Waals surface area (Å²) in [6, 6.07) is 6.55. The van der Waals surface area contributed by atoms with Crippen LogP contribution in [0.25, 0.3) is 0 Å². The van der Waals surface area contributed by atoms with Gasteiger partial charge in [0.25, 0.3) is 5.91 Å². The third kappa shape index (κ3) is 3.45. The fourth-order valence-corrected chi connectivity index (χ4v) is 1.91. The molecule has 0 radical (unpaired) electrons. The molecule has 0 aliphatic carbocycles. The van der Waals surface area contributed by atoms with E-state index < -0.39 is 0 Å². The molecule has 2 N–H and O–H groups in total. The van der Waals surface area contributed by atoms with E-state index in [9.17, 15) is 9.90 Å². The van der Waals surface area contributed by atoms with Gasteiger partial charge >= 0.3 is 0 Å². The lowest BCUT2D eigenvalue weighted by Crippen LogP contribution is -2.41. The monoisotopic (exact) mass is 250 g/mol. The summed E-state index contributed by atoms with van der Waals surface area (Å²) in [5.74, 6) is -0.220. The van der Waals surface area contributed by atoms with Gasteiger partial charge in [-0.25, -0.2) is 0 Å². The molecule has 1 aliphatic rings. The van der Waals surface area contributed by atoms with Crippen molar-refractivity contribution in [3.8, 4) is 5.75 Å². The third-order valence-electron chi connectivity index (χ3n) is 2.97. The van der Waals surface area contributed by atoms with E-state index in [1.54, 1.807) is 18.2 Å². The van der Waals surface area contributed by atoms with Crippen molar-refractivity contribution < 1.29 is 14.6 Å². The van der Waals surface area contributed by atoms with Crippen LogP contribution in [-0.2, 0) is 4.74 Å². The zero-order chi connectivity index (χ0) is 12.8. The molecule has 98 valence electrons. The highest BCUT2D eigenvalue weighted by molar-refractivity contribution is 5.96. The van der Waals surface area contributed by atoms with E-state index in [1.165, 1.54) is 6.07 Å². The van der Waals surface area contributed by atoms with Crippen LogP contribution in [0.4, 0.5) is 0 Å². The number of nitrogens with zero attached hydrogens (tertiary/aromatic N) is 1. The maximum absolute atomic E-state index is 11.8. The molecule has 1 amide bonds. The van der Waals surface area contributed by atoms with E-state index in [0.717, 1.165) is 32.8 Å². The minimum atomic E-state index is -0.235. The molecule has 0 spiro atoms. The van der Waals surface area contributed by atoms with Crippen molar-refractivity contribution in [1.82, 2.24) is 10.2 Å². The Balaban J connectivity index is 1.76. The molecular formula is C13H18N2O3. The second kappa shape index (κ2) is 6.37. The number of hydrogen-bond acceptors (Lipinski definition) is 4. The Bertz CT molecular complexity index is 403. The molecule has 1 aromatic carbocycles. The molecule has 1 aromatic rings. The fraction of sp³-hybridized carbons (Fsp3) is 0.462. The number of carbonyl (C=O) groups excluding carboxylic acids is 1. The molecule has 0 atom stereocenters. The van der Waals surface area contributed by atoms with Gasteiger partial charge in [-0.2, -0.15) is 0 Å². The number of amides is 1. The first-order chi connectivity index (χ1) is 8.77. The fourth-order valence-electron chi connectivity index (χ4n) is 1.91. The lowest BCUT2D eigenvalue weighted by Gasteiger charge is -2.26. The molecular weight excluding hydrogens is 232 g/mol. The topological polar surface area (TPSA) is 61.8 Å². The first-order valence-electron chi connectivity index (χ1n) is 6.13. The Morgan fingerprint density at radius 1 is 1.33 bits per heavy atom. The first-order valence-corrected chi connectivity index (χ1v) is 6.13. The molecule has 1 fully saturated rings. The summed E-state index contributed by atoms with van der Waals surface area (Å²) < 4.78 is 5.25. The number of nitrogens with one attached hydrogen (secondary N) is 1. The summed E-state index contributed by atoms with van der Waals surface area (Å²) in [6.07, 6.45) is 0. The van der Waals surface area contributed by atoms with Crippen molar-refractivity contribution in [3.05, 3.63) is 29.8 Å². The van der Waals surface area contributed by atoms with E-state index in [1.807, 2.05) is 0 Å². The van der Waals surface area contributed by atoms with Crippen molar-refractivity contribution in [1.29, 1.82) is 0 Å². The minimum Gasteiger partial charge on any atom is -0.507 e. The van der Waals surface area contributed by atoms with Gasteiger partial charge in [-0.1, -0.05) is 12.1 Å². The van der Waals surface area contributed by atoms with Crippen LogP contribution in [0.3, 0.4) is 0 Å². The number of hydrogen-bond donors (Lipinski definition) is 2. The minimum absolute atomic E-state index is 0.0152. The molecule has 0 unspecified atom stereocenters. The van der Waals surface area contributed by atoms with Gasteiger partial charge in [0, 0.05) is 26.2 Å². The Kier molecular flexibility index (Phi) is 4.55. The van der Waals surface area contributed by atoms with Crippen LogP contribution in [0.5, 0.6) is 5.75 Å². The van der Waals surface area contributed by atoms with Gasteiger partial charge in [-0.3, -0.25) is 9.69 Å². The molecule has 0 saturated carbocycles. The summed E-state index contributed by atoms with van der Waals surface area (Å²) in [5, 5.41) is 12.3. The zero-order valence-corrected chi connectivity index (χ0v) is 10.3. The lowest BCUT2D eigenvalue weighted by molar-refractivity contribution is 0.0383. The van der Waals surface area contributed by atoms with Crippen molar-refractivity contribution in [2.75, 3.05) is 39.4 Å². The summed E-state index contributed by atoms with van der Waals surface area (Å²) in [6.45, 7) is 4.72. The summed E-state index contributed by atoms with van der Waals surface area (Å²) in [7, 11) is 0. The number of para-hydroxylation sites is 1. The molecule has 1 heterocycles. The van der Waals surface area contributed by atoms with Crippen LogP contribution in [0.15, 0.2) is 24.3 Å². The summed E-state index contributed by atoms with van der Waals surface area (Å²) in [5.41, 5.74) is 0.319. The van der Waals surface area contributed by atoms with Crippen LogP contribution in [-0.4, -0.2) is 55.3 Å². The quantitative estimate of drug-likeness (QED) is 0.814. The molecule has 1 saturated heterocycles. The number of ether oxygens (including phenoxy) is 1. The van der Waals surface area contributed by atoms with Crippen LogP contribution in [0.1, 0.15) is 10.4 Å². The van der Waals surface area contributed by atoms with E-state index in [0.29, 0.717) is 12.1 Å². The summed E-state index contributed by atoms with van der Waals surface area (Å²) in [4.78, 5) is 14.0. The predicted octanol–water partition coefficient (Wildman–Crippen LogP) is 0.454. The average molecular weight is 250 g/mol. The molecule has 0 aromatic heterocycles. The van der Waals surface area contributed by atoms with Gasteiger partial charge in [0.2, 0.25) is 0 Å². The van der Waals surface area contributed by atoms with Crippen LogP contribution in [0, 0.1) is 0 Å². The molecule has 1 aliphatic heterocycles. The highest BCUT2D eigenvalue weighted by Crippen LogP contribution is 2.14. The molecule has 0 bridgehead atoms. The predicted molar refractivity (Wildman–Crippen MR) is 67.7 cm³/mol. The van der Waals surface area contributed by atoms with Gasteiger partial charge in [0.1, 0.15) is 5.75 Å². The number of aromatic hydroxyl groups is 1. The Hall–Kier alpha value is -1.59. The van der Waals surface area contributed by atoms with Crippen molar-refractivity contribution in [2.24, 2.45) is 0 Å². The zero-order valence-electron chi connectivity index (χ0n) is 10.3. The van der Waals surface area contributed by atoms with Gasteiger partial charge in [-0.15, -0.1) is 0 Å². The smallest absolute Gasteiger partial charge is 0.255 e. The molecule has 5 heteroatoms. The summed E-state index contributed by atoms with van der Waals surface area (Å²) >= 11 is 0. The highest BCUT2D eigenvalue weighted by atomic mass is 16.5. The Morgan fingerprint density at radius 2 is 2.06 bits per heavy atom. The molecule has 2 rings (SSSR count). The Labute approximate surface area is 106 Å². The van der Waals surface area contributed by atoms with Crippen LogP contribution >= 0.6 is 0 Å². The number of rotatable bonds is 4.